The first-order chi connectivity index (χ1) is 14.8. The summed E-state index contributed by atoms with van der Waals surface area (Å²) in [7, 11) is -1.01. The van der Waals surface area contributed by atoms with Crippen LogP contribution in [0.2, 0.25) is 0 Å². The Labute approximate surface area is 194 Å². The van der Waals surface area contributed by atoms with E-state index in [-0.39, 0.29) is 42.0 Å². The summed E-state index contributed by atoms with van der Waals surface area (Å²) < 4.78 is 28.6. The highest BCUT2D eigenvalue weighted by molar-refractivity contribution is 7.90. The molecule has 0 aromatic rings. The molecule has 1 saturated carbocycles. The summed E-state index contributed by atoms with van der Waals surface area (Å²) in [5.74, 6) is 1.05. The van der Waals surface area contributed by atoms with Gasteiger partial charge in [-0.25, -0.2) is 13.2 Å². The number of nitrogens with zero attached hydrogens (tertiary/aromatic N) is 3. The van der Waals surface area contributed by atoms with Gasteiger partial charge in [0, 0.05) is 38.9 Å². The Kier molecular flexibility index (Phi) is 9.40. The molecule has 2 rings (SSSR count). The molecule has 2 aliphatic rings. The number of amides is 2. The molecule has 4 unspecified atom stereocenters. The largest absolute Gasteiger partial charge is 0.447 e. The van der Waals surface area contributed by atoms with Crippen molar-refractivity contribution in [1.82, 2.24) is 14.7 Å². The Bertz CT molecular complexity index is 757. The maximum Gasteiger partial charge on any atom is 0.410 e. The number of fused-ring (bicyclic) bond motifs is 1. The lowest BCUT2D eigenvalue weighted by molar-refractivity contribution is -0.142. The van der Waals surface area contributed by atoms with Crippen LogP contribution in [0, 0.1) is 11.8 Å². The van der Waals surface area contributed by atoms with E-state index < -0.39 is 9.84 Å². The van der Waals surface area contributed by atoms with Gasteiger partial charge in [-0.1, -0.05) is 13.3 Å². The van der Waals surface area contributed by atoms with E-state index in [1.54, 1.807) is 6.92 Å². The molecule has 186 valence electrons. The zero-order chi connectivity index (χ0) is 24.2. The van der Waals surface area contributed by atoms with E-state index in [0.717, 1.165) is 32.2 Å². The van der Waals surface area contributed by atoms with Crippen molar-refractivity contribution >= 4 is 21.8 Å². The number of carbonyl (C=O) groups is 2. The Morgan fingerprint density at radius 3 is 2.38 bits per heavy atom. The van der Waals surface area contributed by atoms with Crippen molar-refractivity contribution in [2.75, 3.05) is 38.7 Å². The van der Waals surface area contributed by atoms with Crippen molar-refractivity contribution in [3.8, 4) is 0 Å². The van der Waals surface area contributed by atoms with E-state index in [2.05, 4.69) is 11.8 Å². The molecule has 0 aromatic heterocycles. The van der Waals surface area contributed by atoms with Crippen molar-refractivity contribution in [2.45, 2.75) is 84.5 Å². The first kappa shape index (κ1) is 26.9. The predicted molar refractivity (Wildman–Crippen MR) is 126 cm³/mol. The normalized spacial score (nSPS) is 27.4. The van der Waals surface area contributed by atoms with Gasteiger partial charge in [-0.2, -0.15) is 0 Å². The van der Waals surface area contributed by atoms with E-state index in [0.29, 0.717) is 24.9 Å². The zero-order valence-corrected chi connectivity index (χ0v) is 21.7. The zero-order valence-electron chi connectivity index (χ0n) is 20.9. The number of hydrogen-bond acceptors (Lipinski definition) is 6. The lowest BCUT2D eigenvalue weighted by atomic mass is 9.72. The number of carbonyl (C=O) groups excluding carboxylic acids is 2. The highest BCUT2D eigenvalue weighted by Crippen LogP contribution is 2.40. The van der Waals surface area contributed by atoms with Crippen LogP contribution in [-0.2, 0) is 19.4 Å². The lowest BCUT2D eigenvalue weighted by Crippen LogP contribution is -2.67. The minimum absolute atomic E-state index is 0.0210. The molecule has 1 saturated heterocycles. The van der Waals surface area contributed by atoms with Crippen LogP contribution in [0.5, 0.6) is 0 Å². The molecule has 9 heteroatoms. The maximum atomic E-state index is 12.9. The van der Waals surface area contributed by atoms with Gasteiger partial charge in [0.1, 0.15) is 9.84 Å². The maximum absolute atomic E-state index is 12.9. The van der Waals surface area contributed by atoms with E-state index in [4.69, 9.17) is 4.74 Å². The fourth-order valence-electron chi connectivity index (χ4n) is 5.53. The van der Waals surface area contributed by atoms with Gasteiger partial charge in [0.2, 0.25) is 5.91 Å². The van der Waals surface area contributed by atoms with Crippen LogP contribution in [0.4, 0.5) is 4.79 Å². The van der Waals surface area contributed by atoms with Crippen LogP contribution in [0.3, 0.4) is 0 Å². The number of hydrogen-bond donors (Lipinski definition) is 0. The standard InChI is InChI=1S/C23H43N3O5S/c1-8-19(15-24(6)11-12-32(7,29)30)20-9-10-21-22(13-20)25(23(28)31-16(2)3)14-17(4)26(21)18(5)27/h16-17,19-22H,8-15H2,1-7H3/t17-,19?,20?,21?,22?/m0/s1. The van der Waals surface area contributed by atoms with Gasteiger partial charge in [-0.05, 0) is 58.9 Å². The van der Waals surface area contributed by atoms with Crippen LogP contribution in [0.1, 0.15) is 60.3 Å². The molecule has 0 N–H and O–H groups in total. The molecule has 2 amide bonds. The fourth-order valence-corrected chi connectivity index (χ4v) is 6.18. The Hall–Kier alpha value is -1.35. The van der Waals surface area contributed by atoms with Crippen LogP contribution >= 0.6 is 0 Å². The van der Waals surface area contributed by atoms with Gasteiger partial charge in [-0.3, -0.25) is 4.79 Å². The van der Waals surface area contributed by atoms with Crippen molar-refractivity contribution in [3.63, 3.8) is 0 Å². The molecule has 0 spiro atoms. The molecule has 1 heterocycles. The van der Waals surface area contributed by atoms with Crippen molar-refractivity contribution in [2.24, 2.45) is 11.8 Å². The third-order valence-corrected chi connectivity index (χ3v) is 7.95. The number of piperazine rings is 1. The van der Waals surface area contributed by atoms with E-state index in [1.807, 2.05) is 37.6 Å². The Morgan fingerprint density at radius 2 is 1.84 bits per heavy atom. The number of rotatable bonds is 8. The monoisotopic (exact) mass is 473 g/mol. The second-order valence-corrected chi connectivity index (χ2v) is 12.4. The van der Waals surface area contributed by atoms with Crippen LogP contribution in [0.15, 0.2) is 0 Å². The lowest BCUT2D eigenvalue weighted by Gasteiger charge is -2.54. The van der Waals surface area contributed by atoms with Crippen LogP contribution in [-0.4, -0.2) is 98.0 Å². The van der Waals surface area contributed by atoms with Gasteiger partial charge in [-0.15, -0.1) is 0 Å². The first-order valence-corrected chi connectivity index (χ1v) is 14.0. The summed E-state index contributed by atoms with van der Waals surface area (Å²) in [5.41, 5.74) is 0. The summed E-state index contributed by atoms with van der Waals surface area (Å²) in [6, 6.07) is -0.0581. The summed E-state index contributed by atoms with van der Waals surface area (Å²) in [6.07, 6.45) is 4.51. The SMILES string of the molecule is CCC(CN(C)CCS(C)(=O)=O)C1CCC2C(C1)N(C(=O)OC(C)C)C[C@H](C)N2C(C)=O. The Morgan fingerprint density at radius 1 is 1.19 bits per heavy atom. The minimum Gasteiger partial charge on any atom is -0.447 e. The van der Waals surface area contributed by atoms with Gasteiger partial charge in [0.15, 0.2) is 0 Å². The molecule has 1 aliphatic heterocycles. The van der Waals surface area contributed by atoms with Gasteiger partial charge in [0.25, 0.3) is 0 Å². The van der Waals surface area contributed by atoms with Gasteiger partial charge in [0.05, 0.1) is 23.9 Å². The highest BCUT2D eigenvalue weighted by Gasteiger charge is 2.47. The highest BCUT2D eigenvalue weighted by atomic mass is 32.2. The number of ether oxygens (including phenoxy) is 1. The average molecular weight is 474 g/mol. The number of sulfone groups is 1. The molecular weight excluding hydrogens is 430 g/mol. The molecule has 0 radical (unpaired) electrons. The molecular formula is C23H43N3O5S. The summed E-state index contributed by atoms with van der Waals surface area (Å²) in [5, 5.41) is 0. The minimum atomic E-state index is -2.99. The third kappa shape index (κ3) is 7.07. The van der Waals surface area contributed by atoms with E-state index >= 15 is 0 Å². The molecule has 8 nitrogen and oxygen atoms in total. The van der Waals surface area contributed by atoms with E-state index in [1.165, 1.54) is 6.26 Å². The Balaban J connectivity index is 2.17. The summed E-state index contributed by atoms with van der Waals surface area (Å²) in [6.45, 7) is 11.4. The topological polar surface area (TPSA) is 87.2 Å². The summed E-state index contributed by atoms with van der Waals surface area (Å²) >= 11 is 0. The van der Waals surface area contributed by atoms with Crippen molar-refractivity contribution in [3.05, 3.63) is 0 Å². The molecule has 2 fully saturated rings. The second kappa shape index (κ2) is 11.2. The third-order valence-electron chi connectivity index (χ3n) is 7.03. The quantitative estimate of drug-likeness (QED) is 0.539. The molecule has 32 heavy (non-hydrogen) atoms. The molecule has 1 aliphatic carbocycles. The van der Waals surface area contributed by atoms with Crippen molar-refractivity contribution < 1.29 is 22.7 Å². The smallest absolute Gasteiger partial charge is 0.410 e. The first-order valence-electron chi connectivity index (χ1n) is 12.0. The second-order valence-electron chi connectivity index (χ2n) is 10.1. The van der Waals surface area contributed by atoms with Crippen LogP contribution < -0.4 is 0 Å². The van der Waals surface area contributed by atoms with Gasteiger partial charge < -0.3 is 19.4 Å². The molecule has 0 aromatic carbocycles. The van der Waals surface area contributed by atoms with E-state index in [9.17, 15) is 18.0 Å². The summed E-state index contributed by atoms with van der Waals surface area (Å²) in [4.78, 5) is 31.3. The molecule has 5 atom stereocenters. The average Bonchev–Trinajstić information content (AvgIpc) is 2.68. The fraction of sp³-hybridized carbons (Fsp3) is 0.913. The predicted octanol–water partition coefficient (Wildman–Crippen LogP) is 2.62. The molecule has 0 bridgehead atoms. The van der Waals surface area contributed by atoms with Crippen molar-refractivity contribution in [1.29, 1.82) is 0 Å². The van der Waals surface area contributed by atoms with Gasteiger partial charge >= 0.3 is 6.09 Å². The van der Waals surface area contributed by atoms with Crippen LogP contribution in [0.25, 0.3) is 0 Å².